The fourth-order valence-corrected chi connectivity index (χ4v) is 4.03. The van der Waals surface area contributed by atoms with Gasteiger partial charge in [0.05, 0.1) is 16.7 Å². The van der Waals surface area contributed by atoms with E-state index in [2.05, 4.69) is 13.0 Å². The molecule has 1 aliphatic carbocycles. The van der Waals surface area contributed by atoms with Crippen molar-refractivity contribution in [3.8, 4) is 6.07 Å². The molecule has 0 amide bonds. The summed E-state index contributed by atoms with van der Waals surface area (Å²) in [5, 5.41) is 10.2. The highest BCUT2D eigenvalue weighted by Gasteiger charge is 2.20. The van der Waals surface area contributed by atoms with E-state index >= 15 is 0 Å². The van der Waals surface area contributed by atoms with Crippen LogP contribution in [0.3, 0.4) is 0 Å². The van der Waals surface area contributed by atoms with Gasteiger partial charge in [0.2, 0.25) is 0 Å². The van der Waals surface area contributed by atoms with Gasteiger partial charge in [0, 0.05) is 10.1 Å². The summed E-state index contributed by atoms with van der Waals surface area (Å²) in [5.74, 6) is 0.832. The summed E-state index contributed by atoms with van der Waals surface area (Å²) in [6.45, 7) is 2.33. The van der Waals surface area contributed by atoms with Gasteiger partial charge in [-0.05, 0) is 37.0 Å². The molecule has 3 heteroatoms. The summed E-state index contributed by atoms with van der Waals surface area (Å²) >= 11 is 8.06. The SMILES string of the molecule is CC1CCCC(Sc2ccc(C#N)cc2Cl)C1. The van der Waals surface area contributed by atoms with Gasteiger partial charge in [0.15, 0.2) is 0 Å². The molecule has 90 valence electrons. The van der Waals surface area contributed by atoms with Crippen LogP contribution >= 0.6 is 23.4 Å². The first kappa shape index (κ1) is 12.8. The van der Waals surface area contributed by atoms with Crippen molar-refractivity contribution in [2.24, 2.45) is 5.92 Å². The Morgan fingerprint density at radius 3 is 2.88 bits per heavy atom. The zero-order chi connectivity index (χ0) is 12.3. The maximum Gasteiger partial charge on any atom is 0.0992 e. The quantitative estimate of drug-likeness (QED) is 0.761. The molecule has 0 radical (unpaired) electrons. The van der Waals surface area contributed by atoms with Crippen LogP contribution in [-0.2, 0) is 0 Å². The van der Waals surface area contributed by atoms with Crippen molar-refractivity contribution in [1.82, 2.24) is 0 Å². The van der Waals surface area contributed by atoms with Crippen LogP contribution < -0.4 is 0 Å². The topological polar surface area (TPSA) is 23.8 Å². The standard InChI is InChI=1S/C14H16ClNS/c1-10-3-2-4-12(7-10)17-14-6-5-11(9-16)8-13(14)15/h5-6,8,10,12H,2-4,7H2,1H3. The van der Waals surface area contributed by atoms with E-state index in [0.717, 1.165) is 10.8 Å². The van der Waals surface area contributed by atoms with E-state index in [0.29, 0.717) is 15.8 Å². The van der Waals surface area contributed by atoms with Crippen molar-refractivity contribution in [1.29, 1.82) is 5.26 Å². The molecule has 1 fully saturated rings. The predicted octanol–water partition coefficient (Wildman–Crippen LogP) is 4.88. The molecule has 0 bridgehead atoms. The third-order valence-electron chi connectivity index (χ3n) is 3.24. The van der Waals surface area contributed by atoms with E-state index in [9.17, 15) is 0 Å². The number of nitriles is 1. The van der Waals surface area contributed by atoms with E-state index in [1.807, 2.05) is 23.9 Å². The molecule has 0 N–H and O–H groups in total. The maximum absolute atomic E-state index is 8.79. The fraction of sp³-hybridized carbons (Fsp3) is 0.500. The largest absolute Gasteiger partial charge is 0.192 e. The lowest BCUT2D eigenvalue weighted by Gasteiger charge is -2.26. The molecule has 1 saturated carbocycles. The molecule has 1 nitrogen and oxygen atoms in total. The molecule has 0 aromatic heterocycles. The molecule has 0 spiro atoms. The van der Waals surface area contributed by atoms with E-state index in [1.54, 1.807) is 6.07 Å². The number of hydrogen-bond donors (Lipinski definition) is 0. The monoisotopic (exact) mass is 265 g/mol. The molecule has 1 aromatic carbocycles. The Kier molecular flexibility index (Phi) is 4.36. The van der Waals surface area contributed by atoms with Crippen LogP contribution in [0.15, 0.2) is 23.1 Å². The lowest BCUT2D eigenvalue weighted by atomic mass is 9.91. The predicted molar refractivity (Wildman–Crippen MR) is 73.4 cm³/mol. The fourth-order valence-electron chi connectivity index (χ4n) is 2.33. The van der Waals surface area contributed by atoms with Crippen LogP contribution in [0.4, 0.5) is 0 Å². The second-order valence-corrected chi connectivity index (χ2v) is 6.52. The average Bonchev–Trinajstić information content (AvgIpc) is 2.32. The van der Waals surface area contributed by atoms with Crippen molar-refractivity contribution >= 4 is 23.4 Å². The number of rotatable bonds is 2. The molecule has 2 unspecified atom stereocenters. The number of halogens is 1. The van der Waals surface area contributed by atoms with Gasteiger partial charge in [-0.1, -0.05) is 31.4 Å². The highest BCUT2D eigenvalue weighted by molar-refractivity contribution is 8.00. The Morgan fingerprint density at radius 1 is 1.41 bits per heavy atom. The van der Waals surface area contributed by atoms with Crippen molar-refractivity contribution in [2.45, 2.75) is 42.8 Å². The van der Waals surface area contributed by atoms with Crippen molar-refractivity contribution in [3.05, 3.63) is 28.8 Å². The van der Waals surface area contributed by atoms with Crippen LogP contribution in [0, 0.1) is 17.2 Å². The molecule has 17 heavy (non-hydrogen) atoms. The Balaban J connectivity index is 2.06. The number of benzene rings is 1. The zero-order valence-corrected chi connectivity index (χ0v) is 11.5. The Hall–Kier alpha value is -0.650. The summed E-state index contributed by atoms with van der Waals surface area (Å²) < 4.78 is 0. The second-order valence-electron chi connectivity index (χ2n) is 4.77. The number of thioether (sulfide) groups is 1. The Morgan fingerprint density at radius 2 is 2.24 bits per heavy atom. The summed E-state index contributed by atoms with van der Waals surface area (Å²) in [5.41, 5.74) is 0.636. The Labute approximate surface area is 112 Å². The molecule has 1 aliphatic rings. The summed E-state index contributed by atoms with van der Waals surface area (Å²) in [4.78, 5) is 1.12. The van der Waals surface area contributed by atoms with Gasteiger partial charge in [-0.3, -0.25) is 0 Å². The lowest BCUT2D eigenvalue weighted by molar-refractivity contribution is 0.394. The van der Waals surface area contributed by atoms with Crippen LogP contribution in [-0.4, -0.2) is 5.25 Å². The van der Waals surface area contributed by atoms with Crippen LogP contribution in [0.1, 0.15) is 38.2 Å². The second kappa shape index (κ2) is 5.80. The van der Waals surface area contributed by atoms with Crippen molar-refractivity contribution in [3.63, 3.8) is 0 Å². The van der Waals surface area contributed by atoms with Gasteiger partial charge in [-0.15, -0.1) is 11.8 Å². The minimum absolute atomic E-state index is 0.636. The first-order valence-corrected chi connectivity index (χ1v) is 7.31. The highest BCUT2D eigenvalue weighted by atomic mass is 35.5. The number of hydrogen-bond acceptors (Lipinski definition) is 2. The van der Waals surface area contributed by atoms with E-state index in [-0.39, 0.29) is 0 Å². The van der Waals surface area contributed by atoms with E-state index < -0.39 is 0 Å². The minimum Gasteiger partial charge on any atom is -0.192 e. The average molecular weight is 266 g/mol. The van der Waals surface area contributed by atoms with Crippen molar-refractivity contribution in [2.75, 3.05) is 0 Å². The van der Waals surface area contributed by atoms with Gasteiger partial charge in [-0.2, -0.15) is 5.26 Å². The third-order valence-corrected chi connectivity index (χ3v) is 5.04. The van der Waals surface area contributed by atoms with Crippen LogP contribution in [0.25, 0.3) is 0 Å². The molecule has 0 heterocycles. The van der Waals surface area contributed by atoms with Gasteiger partial charge in [0.1, 0.15) is 0 Å². The molecule has 1 aromatic rings. The van der Waals surface area contributed by atoms with E-state index in [4.69, 9.17) is 16.9 Å². The summed E-state index contributed by atoms with van der Waals surface area (Å²) in [7, 11) is 0. The smallest absolute Gasteiger partial charge is 0.0992 e. The molecular weight excluding hydrogens is 250 g/mol. The zero-order valence-electron chi connectivity index (χ0n) is 9.95. The summed E-state index contributed by atoms with van der Waals surface area (Å²) in [6, 6.07) is 7.70. The van der Waals surface area contributed by atoms with Crippen LogP contribution in [0.5, 0.6) is 0 Å². The van der Waals surface area contributed by atoms with E-state index in [1.165, 1.54) is 25.7 Å². The first-order valence-electron chi connectivity index (χ1n) is 6.05. The van der Waals surface area contributed by atoms with Crippen LogP contribution in [0.2, 0.25) is 5.02 Å². The lowest BCUT2D eigenvalue weighted by Crippen LogP contribution is -2.14. The molecule has 0 aliphatic heterocycles. The first-order chi connectivity index (χ1) is 8.19. The normalized spacial score (nSPS) is 24.3. The molecule has 2 atom stereocenters. The van der Waals surface area contributed by atoms with Gasteiger partial charge in [0.25, 0.3) is 0 Å². The Bertz CT molecular complexity index is 438. The molecule has 0 saturated heterocycles. The van der Waals surface area contributed by atoms with Gasteiger partial charge in [-0.25, -0.2) is 0 Å². The van der Waals surface area contributed by atoms with Crippen molar-refractivity contribution < 1.29 is 0 Å². The van der Waals surface area contributed by atoms with Gasteiger partial charge >= 0.3 is 0 Å². The summed E-state index contributed by atoms with van der Waals surface area (Å²) in [6.07, 6.45) is 5.25. The highest BCUT2D eigenvalue weighted by Crippen LogP contribution is 2.38. The third kappa shape index (κ3) is 3.40. The molecule has 2 rings (SSSR count). The van der Waals surface area contributed by atoms with Gasteiger partial charge < -0.3 is 0 Å². The minimum atomic E-state index is 0.636. The number of nitrogens with zero attached hydrogens (tertiary/aromatic N) is 1. The maximum atomic E-state index is 8.79. The molecular formula is C14H16ClNS.